The van der Waals surface area contributed by atoms with Gasteiger partial charge >= 0.3 is 0 Å². The minimum atomic E-state index is -3.34. The van der Waals surface area contributed by atoms with E-state index < -0.39 is 16.1 Å². The number of aliphatic hydroxyl groups is 1. The molecule has 6 heteroatoms. The Bertz CT molecular complexity index is 315. The molecule has 1 rings (SSSR count). The number of aliphatic hydroxyl groups excluding tert-OH is 1. The Balaban J connectivity index is 2.37. The lowest BCUT2D eigenvalue weighted by Crippen LogP contribution is -2.46. The zero-order valence-electron chi connectivity index (χ0n) is 10.6. The second-order valence-corrected chi connectivity index (χ2v) is 6.69. The van der Waals surface area contributed by atoms with Crippen molar-refractivity contribution in [1.29, 1.82) is 0 Å². The number of nitrogens with one attached hydrogen (secondary N) is 1. The third kappa shape index (κ3) is 5.81. The molecule has 0 heterocycles. The molecule has 0 aromatic rings. The minimum absolute atomic E-state index is 0.0328. The average molecular weight is 265 g/mol. The van der Waals surface area contributed by atoms with E-state index in [9.17, 15) is 13.5 Å². The molecule has 0 bridgehead atoms. The zero-order chi connectivity index (χ0) is 12.9. The summed E-state index contributed by atoms with van der Waals surface area (Å²) in [6.07, 6.45) is 2.80. The van der Waals surface area contributed by atoms with Crippen LogP contribution in [0.4, 0.5) is 0 Å². The summed E-state index contributed by atoms with van der Waals surface area (Å²) in [7, 11) is -3.34. The third-order valence-electron chi connectivity index (χ3n) is 2.86. The van der Waals surface area contributed by atoms with Crippen LogP contribution in [-0.2, 0) is 14.8 Å². The fourth-order valence-electron chi connectivity index (χ4n) is 1.93. The van der Waals surface area contributed by atoms with E-state index >= 15 is 0 Å². The molecule has 102 valence electrons. The highest BCUT2D eigenvalue weighted by Crippen LogP contribution is 2.18. The molecule has 0 radical (unpaired) electrons. The predicted octanol–water partition coefficient (Wildman–Crippen LogP) is 0.634. The Morgan fingerprint density at radius 2 is 2.00 bits per heavy atom. The fraction of sp³-hybridized carbons (Fsp3) is 1.00. The van der Waals surface area contributed by atoms with Crippen molar-refractivity contribution in [2.24, 2.45) is 0 Å². The Morgan fingerprint density at radius 1 is 1.35 bits per heavy atom. The largest absolute Gasteiger partial charge is 0.391 e. The van der Waals surface area contributed by atoms with E-state index in [4.69, 9.17) is 4.74 Å². The molecule has 2 N–H and O–H groups in total. The SMILES string of the molecule is CC(C)OCCS(=O)(=O)N[C@H]1CCCC[C@@H]1O. The normalized spacial score (nSPS) is 26.4. The van der Waals surface area contributed by atoms with Crippen molar-refractivity contribution >= 4 is 10.0 Å². The van der Waals surface area contributed by atoms with Crippen molar-refractivity contribution in [2.75, 3.05) is 12.4 Å². The Morgan fingerprint density at radius 3 is 2.59 bits per heavy atom. The summed E-state index contributed by atoms with van der Waals surface area (Å²) < 4.78 is 31.2. The van der Waals surface area contributed by atoms with E-state index in [2.05, 4.69) is 4.72 Å². The Hall–Kier alpha value is -0.170. The predicted molar refractivity (Wildman–Crippen MR) is 66.3 cm³/mol. The van der Waals surface area contributed by atoms with Crippen LogP contribution in [0, 0.1) is 0 Å². The van der Waals surface area contributed by atoms with Gasteiger partial charge in [-0.15, -0.1) is 0 Å². The van der Waals surface area contributed by atoms with E-state index in [0.717, 1.165) is 12.8 Å². The first-order valence-corrected chi connectivity index (χ1v) is 7.85. The Kier molecular flexibility index (Phi) is 5.85. The van der Waals surface area contributed by atoms with Crippen LogP contribution >= 0.6 is 0 Å². The summed E-state index contributed by atoms with van der Waals surface area (Å²) in [5, 5.41) is 9.69. The maximum atomic E-state index is 11.7. The van der Waals surface area contributed by atoms with Crippen LogP contribution in [0.3, 0.4) is 0 Å². The topological polar surface area (TPSA) is 75.6 Å². The molecule has 0 saturated heterocycles. The first-order valence-electron chi connectivity index (χ1n) is 6.20. The van der Waals surface area contributed by atoms with Crippen molar-refractivity contribution in [1.82, 2.24) is 4.72 Å². The molecule has 0 aromatic heterocycles. The molecule has 1 fully saturated rings. The molecule has 0 amide bonds. The average Bonchev–Trinajstić information content (AvgIpc) is 2.20. The molecule has 0 aromatic carbocycles. The zero-order valence-corrected chi connectivity index (χ0v) is 11.4. The van der Waals surface area contributed by atoms with Crippen molar-refractivity contribution in [3.05, 3.63) is 0 Å². The first kappa shape index (κ1) is 14.9. The van der Waals surface area contributed by atoms with Gasteiger partial charge in [0.2, 0.25) is 10.0 Å². The highest BCUT2D eigenvalue weighted by atomic mass is 32.2. The molecule has 1 saturated carbocycles. The van der Waals surface area contributed by atoms with Gasteiger partial charge in [0.15, 0.2) is 0 Å². The van der Waals surface area contributed by atoms with Gasteiger partial charge in [-0.2, -0.15) is 0 Å². The van der Waals surface area contributed by atoms with E-state index in [1.54, 1.807) is 0 Å². The first-order chi connectivity index (χ1) is 7.91. The van der Waals surface area contributed by atoms with Crippen LogP contribution in [0.1, 0.15) is 39.5 Å². The third-order valence-corrected chi connectivity index (χ3v) is 4.23. The highest BCUT2D eigenvalue weighted by molar-refractivity contribution is 7.89. The van der Waals surface area contributed by atoms with Crippen molar-refractivity contribution < 1.29 is 18.3 Å². The number of rotatable bonds is 6. The lowest BCUT2D eigenvalue weighted by Gasteiger charge is -2.28. The smallest absolute Gasteiger partial charge is 0.214 e. The summed E-state index contributed by atoms with van der Waals surface area (Å²) in [6, 6.07) is -0.326. The van der Waals surface area contributed by atoms with E-state index in [0.29, 0.717) is 12.8 Å². The van der Waals surface area contributed by atoms with E-state index in [-0.39, 0.29) is 24.5 Å². The van der Waals surface area contributed by atoms with Crippen molar-refractivity contribution in [3.8, 4) is 0 Å². The molecule has 1 aliphatic rings. The minimum Gasteiger partial charge on any atom is -0.391 e. The molecular formula is C11H23NO4S. The lowest BCUT2D eigenvalue weighted by atomic mass is 9.93. The van der Waals surface area contributed by atoms with Crippen molar-refractivity contribution in [3.63, 3.8) is 0 Å². The summed E-state index contributed by atoms with van der Waals surface area (Å²) in [6.45, 7) is 3.92. The van der Waals surface area contributed by atoms with Gasteiger partial charge in [-0.1, -0.05) is 12.8 Å². The molecule has 0 aliphatic heterocycles. The summed E-state index contributed by atoms with van der Waals surface area (Å²) in [5.74, 6) is -0.0472. The molecule has 2 atom stereocenters. The Labute approximate surface area is 104 Å². The maximum Gasteiger partial charge on any atom is 0.214 e. The summed E-state index contributed by atoms with van der Waals surface area (Å²) in [5.41, 5.74) is 0. The second kappa shape index (κ2) is 6.68. The molecule has 1 aliphatic carbocycles. The van der Waals surface area contributed by atoms with Gasteiger partial charge < -0.3 is 9.84 Å². The number of ether oxygens (including phenoxy) is 1. The summed E-state index contributed by atoms with van der Waals surface area (Å²) in [4.78, 5) is 0. The van der Waals surface area contributed by atoms with Gasteiger partial charge in [-0.05, 0) is 26.7 Å². The van der Waals surface area contributed by atoms with Crippen LogP contribution in [0.5, 0.6) is 0 Å². The molecular weight excluding hydrogens is 242 g/mol. The maximum absolute atomic E-state index is 11.7. The molecule has 5 nitrogen and oxygen atoms in total. The summed E-state index contributed by atoms with van der Waals surface area (Å²) >= 11 is 0. The standard InChI is InChI=1S/C11H23NO4S/c1-9(2)16-7-8-17(14,15)12-10-5-3-4-6-11(10)13/h9-13H,3-8H2,1-2H3/t10-,11-/m0/s1. The molecule has 0 unspecified atom stereocenters. The molecule has 0 spiro atoms. The molecule has 17 heavy (non-hydrogen) atoms. The van der Waals surface area contributed by atoms with Gasteiger partial charge in [0.05, 0.1) is 24.6 Å². The van der Waals surface area contributed by atoms with Crippen LogP contribution in [0.2, 0.25) is 0 Å². The van der Waals surface area contributed by atoms with E-state index in [1.807, 2.05) is 13.8 Å². The van der Waals surface area contributed by atoms with Gasteiger partial charge in [-0.3, -0.25) is 0 Å². The van der Waals surface area contributed by atoms with Gasteiger partial charge in [-0.25, -0.2) is 13.1 Å². The number of hydrogen-bond donors (Lipinski definition) is 2. The quantitative estimate of drug-likeness (QED) is 0.739. The van der Waals surface area contributed by atoms with Crippen LogP contribution < -0.4 is 4.72 Å². The lowest BCUT2D eigenvalue weighted by molar-refractivity contribution is 0.0896. The fourth-order valence-corrected chi connectivity index (χ4v) is 3.10. The highest BCUT2D eigenvalue weighted by Gasteiger charge is 2.26. The van der Waals surface area contributed by atoms with Gasteiger partial charge in [0.1, 0.15) is 0 Å². The van der Waals surface area contributed by atoms with Crippen LogP contribution in [-0.4, -0.2) is 44.1 Å². The number of sulfonamides is 1. The number of hydrogen-bond acceptors (Lipinski definition) is 4. The second-order valence-electron chi connectivity index (χ2n) is 4.81. The van der Waals surface area contributed by atoms with Gasteiger partial charge in [0.25, 0.3) is 0 Å². The van der Waals surface area contributed by atoms with Gasteiger partial charge in [0, 0.05) is 6.04 Å². The van der Waals surface area contributed by atoms with E-state index in [1.165, 1.54) is 0 Å². The van der Waals surface area contributed by atoms with Crippen LogP contribution in [0.15, 0.2) is 0 Å². The van der Waals surface area contributed by atoms with Crippen LogP contribution in [0.25, 0.3) is 0 Å². The van der Waals surface area contributed by atoms with Crippen molar-refractivity contribution in [2.45, 2.75) is 57.8 Å². The monoisotopic (exact) mass is 265 g/mol.